The number of fused-ring (bicyclic) bond motifs is 2. The summed E-state index contributed by atoms with van der Waals surface area (Å²) >= 11 is 2.82. The van der Waals surface area contributed by atoms with Gasteiger partial charge < -0.3 is 19.6 Å². The summed E-state index contributed by atoms with van der Waals surface area (Å²) in [6, 6.07) is 13.9. The molecule has 0 saturated heterocycles. The van der Waals surface area contributed by atoms with Gasteiger partial charge in [-0.25, -0.2) is 8.42 Å². The Morgan fingerprint density at radius 1 is 0.892 bits per heavy atom. The third kappa shape index (κ3) is 4.67. The standard InChI is InChI=1S/C25H24F3N3O3S3/c1-3-30-17-9-5-7-11-19(17)35-21(30)13-15-23(29-37(33,34)25(26,27)28)16(24(15)32)14-22-31(4-2)18-10-6-8-12-20(18)36-22/h5-16,23-24H,3-4H2,1-2H3/q-2/b21-13-,22-14-. The average molecular weight is 568 g/mol. The van der Waals surface area contributed by atoms with E-state index in [4.69, 9.17) is 0 Å². The minimum atomic E-state index is -5.77. The number of sulfonamides is 1. The number of hydrogen-bond donors (Lipinski definition) is 0. The van der Waals surface area contributed by atoms with Crippen LogP contribution < -0.4 is 14.9 Å². The Morgan fingerprint density at radius 3 is 1.73 bits per heavy atom. The highest BCUT2D eigenvalue weighted by Crippen LogP contribution is 2.52. The molecule has 1 aliphatic carbocycles. The zero-order chi connectivity index (χ0) is 26.5. The van der Waals surface area contributed by atoms with Gasteiger partial charge in [-0.15, -0.1) is 12.1 Å². The lowest BCUT2D eigenvalue weighted by Crippen LogP contribution is -2.61. The predicted molar refractivity (Wildman–Crippen MR) is 140 cm³/mol. The third-order valence-corrected chi connectivity index (χ3v) is 10.0. The van der Waals surface area contributed by atoms with Crippen LogP contribution in [0.15, 0.2) is 80.5 Å². The number of anilines is 2. The van der Waals surface area contributed by atoms with E-state index in [1.807, 2.05) is 72.2 Å². The molecule has 2 heterocycles. The number of rotatable bonds is 6. The van der Waals surface area contributed by atoms with Gasteiger partial charge in [-0.2, -0.15) is 13.2 Å². The Kier molecular flexibility index (Phi) is 7.07. The van der Waals surface area contributed by atoms with Gasteiger partial charge in [0.15, 0.2) is 10.0 Å². The van der Waals surface area contributed by atoms with E-state index in [0.717, 1.165) is 21.2 Å². The number of hydrogen-bond acceptors (Lipinski definition) is 7. The Bertz CT molecular complexity index is 1280. The van der Waals surface area contributed by atoms with Crippen LogP contribution in [0.5, 0.6) is 0 Å². The first-order chi connectivity index (χ1) is 17.6. The van der Waals surface area contributed by atoms with Crippen molar-refractivity contribution < 1.29 is 26.7 Å². The maximum atomic E-state index is 13.4. The summed E-state index contributed by atoms with van der Waals surface area (Å²) in [6.45, 7) is 5.04. The lowest BCUT2D eigenvalue weighted by molar-refractivity contribution is -0.461. The van der Waals surface area contributed by atoms with Gasteiger partial charge in [0.05, 0.1) is 21.4 Å². The molecular weight excluding hydrogens is 543 g/mol. The first-order valence-electron chi connectivity index (χ1n) is 11.8. The second-order valence-corrected chi connectivity index (χ2v) is 12.5. The monoisotopic (exact) mass is 567 g/mol. The highest BCUT2D eigenvalue weighted by atomic mass is 32.2. The molecule has 0 radical (unpaired) electrons. The van der Waals surface area contributed by atoms with Crippen molar-refractivity contribution in [1.82, 2.24) is 0 Å². The van der Waals surface area contributed by atoms with Crippen molar-refractivity contribution in [3.63, 3.8) is 0 Å². The molecule has 2 aliphatic heterocycles. The molecule has 198 valence electrons. The second kappa shape index (κ2) is 9.88. The summed E-state index contributed by atoms with van der Waals surface area (Å²) in [4.78, 5) is 5.86. The van der Waals surface area contributed by atoms with E-state index in [1.54, 1.807) is 12.2 Å². The van der Waals surface area contributed by atoms with E-state index in [1.165, 1.54) is 23.5 Å². The molecule has 0 aromatic heterocycles. The molecule has 12 heteroatoms. The molecule has 0 amide bonds. The summed E-state index contributed by atoms with van der Waals surface area (Å²) in [5.74, 6) is -2.01. The number of nitrogens with zero attached hydrogens (tertiary/aromatic N) is 3. The second-order valence-electron chi connectivity index (χ2n) is 8.77. The highest BCUT2D eigenvalue weighted by molar-refractivity contribution is 8.04. The first-order valence-corrected chi connectivity index (χ1v) is 14.8. The highest BCUT2D eigenvalue weighted by Gasteiger charge is 2.45. The Morgan fingerprint density at radius 2 is 1.32 bits per heavy atom. The van der Waals surface area contributed by atoms with Crippen LogP contribution in [-0.2, 0) is 10.0 Å². The quantitative estimate of drug-likeness (QED) is 0.456. The van der Waals surface area contributed by atoms with Gasteiger partial charge in [-0.05, 0) is 49.9 Å². The van der Waals surface area contributed by atoms with Crippen LogP contribution in [0.2, 0.25) is 0 Å². The lowest BCUT2D eigenvalue weighted by Gasteiger charge is -2.61. The maximum absolute atomic E-state index is 13.4. The van der Waals surface area contributed by atoms with E-state index in [0.29, 0.717) is 23.1 Å². The molecule has 2 unspecified atom stereocenters. The third-order valence-electron chi connectivity index (χ3n) is 6.68. The van der Waals surface area contributed by atoms with Crippen LogP contribution in [-0.4, -0.2) is 39.2 Å². The molecule has 2 aromatic rings. The molecule has 37 heavy (non-hydrogen) atoms. The summed E-state index contributed by atoms with van der Waals surface area (Å²) in [7, 11) is -5.77. The largest absolute Gasteiger partial charge is 0.851 e. The van der Waals surface area contributed by atoms with Crippen LogP contribution >= 0.6 is 23.5 Å². The summed E-state index contributed by atoms with van der Waals surface area (Å²) in [5.41, 5.74) is -3.65. The molecule has 2 aromatic carbocycles. The molecule has 2 atom stereocenters. The van der Waals surface area contributed by atoms with E-state index < -0.39 is 39.5 Å². The fourth-order valence-corrected chi connectivity index (χ4v) is 8.00. The Hall–Kier alpha value is -2.12. The van der Waals surface area contributed by atoms with Crippen LogP contribution in [0.1, 0.15) is 13.8 Å². The number of benzene rings is 2. The van der Waals surface area contributed by atoms with E-state index >= 15 is 0 Å². The van der Waals surface area contributed by atoms with Crippen molar-refractivity contribution in [3.8, 4) is 0 Å². The first kappa shape index (κ1) is 26.5. The predicted octanol–water partition coefficient (Wildman–Crippen LogP) is 5.50. The van der Waals surface area contributed by atoms with Gasteiger partial charge in [-0.3, -0.25) is 0 Å². The fourth-order valence-electron chi connectivity index (χ4n) is 4.84. The van der Waals surface area contributed by atoms with Crippen LogP contribution in [0, 0.1) is 11.8 Å². The molecule has 3 aliphatic rings. The average Bonchev–Trinajstić information content (AvgIpc) is 3.41. The van der Waals surface area contributed by atoms with E-state index in [-0.39, 0.29) is 0 Å². The zero-order valence-corrected chi connectivity index (χ0v) is 22.4. The van der Waals surface area contributed by atoms with E-state index in [2.05, 4.69) is 4.72 Å². The summed E-state index contributed by atoms with van der Waals surface area (Å²) in [6.07, 6.45) is 1.87. The zero-order valence-electron chi connectivity index (χ0n) is 19.9. The Balaban J connectivity index is 1.48. The van der Waals surface area contributed by atoms with E-state index in [9.17, 15) is 26.7 Å². The van der Waals surface area contributed by atoms with Gasteiger partial charge in [0, 0.05) is 22.9 Å². The van der Waals surface area contributed by atoms with Gasteiger partial charge in [0.25, 0.3) is 0 Å². The van der Waals surface area contributed by atoms with Gasteiger partial charge >= 0.3 is 5.51 Å². The van der Waals surface area contributed by atoms with Crippen molar-refractivity contribution >= 4 is 44.9 Å². The molecular formula is C25H24F3N3O3S3-2. The molecule has 6 nitrogen and oxygen atoms in total. The fraction of sp³-hybridized carbons (Fsp3) is 0.360. The number of thioether (sulfide) groups is 2. The molecule has 0 bridgehead atoms. The number of para-hydroxylation sites is 2. The number of halogens is 3. The summed E-state index contributed by atoms with van der Waals surface area (Å²) < 4.78 is 67.3. The molecule has 1 fully saturated rings. The van der Waals surface area contributed by atoms with Gasteiger partial charge in [0.1, 0.15) is 0 Å². The minimum absolute atomic E-state index is 0.586. The minimum Gasteiger partial charge on any atom is -0.851 e. The molecule has 0 N–H and O–H groups in total. The van der Waals surface area contributed by atoms with Crippen LogP contribution in [0.3, 0.4) is 0 Å². The lowest BCUT2D eigenvalue weighted by atomic mass is 9.67. The van der Waals surface area contributed by atoms with Crippen molar-refractivity contribution in [2.45, 2.75) is 41.3 Å². The Labute approximate surface area is 222 Å². The van der Waals surface area contributed by atoms with Crippen molar-refractivity contribution in [1.29, 1.82) is 0 Å². The van der Waals surface area contributed by atoms with Crippen molar-refractivity contribution in [2.75, 3.05) is 22.9 Å². The van der Waals surface area contributed by atoms with Crippen LogP contribution in [0.4, 0.5) is 24.5 Å². The number of alkyl halides is 3. The summed E-state index contributed by atoms with van der Waals surface area (Å²) in [5, 5.41) is 14.8. The van der Waals surface area contributed by atoms with Gasteiger partial charge in [-0.1, -0.05) is 59.9 Å². The SMILES string of the molecule is CCN1/C(=C/C2C([O-])C(/C=C3\Sc4ccccc4N3CC)C2[N-]S(=O)(=O)C(F)(F)F)Sc2ccccc21. The van der Waals surface area contributed by atoms with Crippen LogP contribution in [0.25, 0.3) is 4.72 Å². The van der Waals surface area contributed by atoms with Crippen molar-refractivity contribution in [2.24, 2.45) is 11.8 Å². The van der Waals surface area contributed by atoms with Gasteiger partial charge in [0.2, 0.25) is 0 Å². The topological polar surface area (TPSA) is 77.8 Å². The smallest absolute Gasteiger partial charge is 0.480 e. The van der Waals surface area contributed by atoms with Crippen molar-refractivity contribution in [3.05, 3.63) is 75.5 Å². The normalized spacial score (nSPS) is 27.5. The molecule has 5 rings (SSSR count). The molecule has 1 saturated carbocycles. The molecule has 0 spiro atoms. The maximum Gasteiger partial charge on any atom is 0.480 e.